The van der Waals surface area contributed by atoms with E-state index in [0.29, 0.717) is 75.0 Å². The number of unbranched alkanes of at least 4 members (excludes halogenated alkanes) is 6. The molecule has 0 aromatic rings. The van der Waals surface area contributed by atoms with Gasteiger partial charge in [-0.25, -0.2) is 0 Å². The third-order valence-corrected chi connectivity index (χ3v) is 11.4. The molecule has 0 spiro atoms. The van der Waals surface area contributed by atoms with Crippen molar-refractivity contribution in [1.82, 2.24) is 0 Å². The number of likely N-dealkylation sites (N-methyl/N-ethyl adjacent to an activating group) is 1. The molecule has 0 saturated heterocycles. The molecular formula is C48H81NO14P+. The number of hydrogen-bond acceptors (Lipinski definition) is 14. The lowest BCUT2D eigenvalue weighted by atomic mass is 9.86. The van der Waals surface area contributed by atoms with Gasteiger partial charge in [-0.2, -0.15) is 13.9 Å². The average Bonchev–Trinajstić information content (AvgIpc) is 3.22. The zero-order chi connectivity index (χ0) is 48.4. The SMILES string of the molecule is CCCCCC(O)/C=C/C(C=O)C(C/C=C\CCCC(=O)OC[C@H](CO[P+]([O-])(O)OCC[N+](C)(C)C)OC(=O)CCC/C=C\CC(C(C)=O)C(C=O)/C=C/C(O)CCCCC)C(C)=O. The third kappa shape index (κ3) is 32.4. The lowest BCUT2D eigenvalue weighted by Gasteiger charge is -2.26. The Hall–Kier alpha value is -3.27. The number of phosphoric ester groups is 1. The number of Topliss-reactive ketones (excluding diaryl/α,β-unsaturated/α-hetero) is 2. The number of esters is 2. The normalized spacial score (nSPS) is 16.6. The summed E-state index contributed by atoms with van der Waals surface area (Å²) in [6, 6.07) is 0. The molecule has 0 aliphatic heterocycles. The number of carbonyl (C=O) groups excluding carboxylic acids is 6. The molecule has 64 heavy (non-hydrogen) atoms. The minimum Gasteiger partial charge on any atom is -0.606 e. The Labute approximate surface area is 383 Å². The van der Waals surface area contributed by atoms with E-state index in [9.17, 15) is 48.8 Å². The molecule has 0 rings (SSSR count). The first-order chi connectivity index (χ1) is 30.3. The first-order valence-electron chi connectivity index (χ1n) is 23.0. The molecule has 0 aliphatic carbocycles. The van der Waals surface area contributed by atoms with Crippen LogP contribution in [0.1, 0.15) is 130 Å². The summed E-state index contributed by atoms with van der Waals surface area (Å²) in [7, 11) is 1.11. The number of quaternary nitrogens is 1. The fraction of sp³-hybridized carbons (Fsp3) is 0.708. The summed E-state index contributed by atoms with van der Waals surface area (Å²) in [6.07, 6.45) is 21.5. The molecule has 0 saturated carbocycles. The number of rotatable bonds is 40. The molecule has 16 heteroatoms. The number of carbonyl (C=O) groups is 6. The van der Waals surface area contributed by atoms with E-state index in [2.05, 4.69) is 13.8 Å². The number of aldehydes is 2. The van der Waals surface area contributed by atoms with Gasteiger partial charge in [-0.1, -0.05) is 101 Å². The van der Waals surface area contributed by atoms with Crippen molar-refractivity contribution < 1.29 is 71.8 Å². The monoisotopic (exact) mass is 927 g/mol. The quantitative estimate of drug-likeness (QED) is 0.0150. The summed E-state index contributed by atoms with van der Waals surface area (Å²) in [5.74, 6) is -4.12. The standard InChI is InChI=1S/C48H80NO14P/c1-8-10-16-22-42(54)30-28-40(34-50)45(38(3)52)24-18-12-14-20-26-47(56)60-36-44(37-62-64(58,59)61-33-32-49(5,6)7)63-48(57)27-21-15-13-19-25-46(39(4)53)41(35-51)29-31-43(55)23-17-11-9-2/h12-13,18-19,28-31,34-35,40-46,54-55H,8-11,14-17,20-27,32-33,36-37H2,1-7H3/p+1/b18-12-,19-13-,30-28+,31-29+/t40?,41?,42?,43?,44-,45?,46?/m1/s1. The molecular weight excluding hydrogens is 845 g/mol. The second-order valence-electron chi connectivity index (χ2n) is 17.4. The lowest BCUT2D eigenvalue weighted by Crippen LogP contribution is -2.38. The fourth-order valence-corrected chi connectivity index (χ4v) is 7.10. The number of aliphatic hydroxyl groups is 2. The highest BCUT2D eigenvalue weighted by atomic mass is 31.2. The van der Waals surface area contributed by atoms with Gasteiger partial charge in [0.2, 0.25) is 0 Å². The van der Waals surface area contributed by atoms with Gasteiger partial charge >= 0.3 is 20.1 Å². The molecule has 3 N–H and O–H groups in total. The van der Waals surface area contributed by atoms with Gasteiger partial charge in [0, 0.05) is 36.5 Å². The molecule has 8 atom stereocenters. The Morgan fingerprint density at radius 3 is 1.55 bits per heavy atom. The molecule has 15 nitrogen and oxygen atoms in total. The van der Waals surface area contributed by atoms with Crippen LogP contribution in [0.15, 0.2) is 48.6 Å². The average molecular weight is 927 g/mol. The van der Waals surface area contributed by atoms with E-state index in [4.69, 9.17) is 18.5 Å². The predicted molar refractivity (Wildman–Crippen MR) is 246 cm³/mol. The van der Waals surface area contributed by atoms with Crippen molar-refractivity contribution in [3.05, 3.63) is 48.6 Å². The molecule has 0 radical (unpaired) electrons. The van der Waals surface area contributed by atoms with E-state index in [-0.39, 0.29) is 31.0 Å². The van der Waals surface area contributed by atoms with Crippen LogP contribution in [0.3, 0.4) is 0 Å². The number of allylic oxidation sites excluding steroid dienone is 6. The van der Waals surface area contributed by atoms with Crippen LogP contribution in [0.25, 0.3) is 0 Å². The highest BCUT2D eigenvalue weighted by Crippen LogP contribution is 2.47. The molecule has 0 heterocycles. The van der Waals surface area contributed by atoms with Gasteiger partial charge in [-0.3, -0.25) is 19.2 Å². The van der Waals surface area contributed by atoms with Crippen molar-refractivity contribution in [2.75, 3.05) is 47.5 Å². The summed E-state index contributed by atoms with van der Waals surface area (Å²) in [5, 5.41) is 20.4. The highest BCUT2D eigenvalue weighted by molar-refractivity contribution is 7.52. The maximum atomic E-state index is 12.8. The lowest BCUT2D eigenvalue weighted by molar-refractivity contribution is -0.870. The zero-order valence-electron chi connectivity index (χ0n) is 39.7. The topological polar surface area (TPSA) is 223 Å². The van der Waals surface area contributed by atoms with E-state index in [1.165, 1.54) is 13.8 Å². The molecule has 0 bridgehead atoms. The van der Waals surface area contributed by atoms with Gasteiger partial charge in [0.25, 0.3) is 0 Å². The molecule has 0 fully saturated rings. The molecule has 7 unspecified atom stereocenters. The highest BCUT2D eigenvalue weighted by Gasteiger charge is 2.32. The Kier molecular flexibility index (Phi) is 34.1. The van der Waals surface area contributed by atoms with E-state index in [1.54, 1.807) is 42.5 Å². The minimum absolute atomic E-state index is 0.00593. The van der Waals surface area contributed by atoms with Gasteiger partial charge in [-0.05, 0) is 65.2 Å². The minimum atomic E-state index is -4.54. The van der Waals surface area contributed by atoms with Crippen LogP contribution in [-0.2, 0) is 47.3 Å². The van der Waals surface area contributed by atoms with Crippen molar-refractivity contribution in [3.63, 3.8) is 0 Å². The Bertz CT molecular complexity index is 1460. The third-order valence-electron chi connectivity index (χ3n) is 10.4. The van der Waals surface area contributed by atoms with Crippen molar-refractivity contribution in [2.24, 2.45) is 23.7 Å². The first-order valence-corrected chi connectivity index (χ1v) is 24.5. The fourth-order valence-electron chi connectivity index (χ4n) is 6.36. The molecule has 0 aliphatic rings. The van der Waals surface area contributed by atoms with Crippen molar-refractivity contribution >= 4 is 44.2 Å². The van der Waals surface area contributed by atoms with E-state index < -0.39 is 75.3 Å². The van der Waals surface area contributed by atoms with Crippen LogP contribution >= 0.6 is 8.17 Å². The number of ketones is 2. The number of phosphoric acid groups is 1. The Balaban J connectivity index is 5.27. The maximum Gasteiger partial charge on any atom is 0.377 e. The summed E-state index contributed by atoms with van der Waals surface area (Å²) in [5.41, 5.74) is 0. The van der Waals surface area contributed by atoms with Crippen molar-refractivity contribution in [3.8, 4) is 0 Å². The van der Waals surface area contributed by atoms with E-state index >= 15 is 0 Å². The Morgan fingerprint density at radius 2 is 1.12 bits per heavy atom. The summed E-state index contributed by atoms with van der Waals surface area (Å²) in [6.45, 7) is 6.30. The van der Waals surface area contributed by atoms with Crippen LogP contribution in [0.2, 0.25) is 0 Å². The molecule has 0 aromatic carbocycles. The largest absolute Gasteiger partial charge is 0.606 e. The van der Waals surface area contributed by atoms with Crippen LogP contribution in [0, 0.1) is 23.7 Å². The van der Waals surface area contributed by atoms with Gasteiger partial charge in [-0.15, -0.1) is 0 Å². The molecule has 0 amide bonds. The van der Waals surface area contributed by atoms with E-state index in [0.717, 1.165) is 38.5 Å². The smallest absolute Gasteiger partial charge is 0.377 e. The van der Waals surface area contributed by atoms with Gasteiger partial charge in [0.15, 0.2) is 6.10 Å². The van der Waals surface area contributed by atoms with E-state index in [1.807, 2.05) is 27.2 Å². The Morgan fingerprint density at radius 1 is 0.656 bits per heavy atom. The molecule has 0 aromatic heterocycles. The predicted octanol–water partition coefficient (Wildman–Crippen LogP) is 6.48. The molecule has 366 valence electrons. The second-order valence-corrected chi connectivity index (χ2v) is 18.8. The number of ether oxygens (including phenoxy) is 2. The number of hydrogen-bond donors (Lipinski definition) is 3. The second kappa shape index (κ2) is 35.9. The maximum absolute atomic E-state index is 12.8. The first kappa shape index (κ1) is 60.7. The van der Waals surface area contributed by atoms with Gasteiger partial charge in [0.05, 0.1) is 33.4 Å². The van der Waals surface area contributed by atoms with Gasteiger partial charge < -0.3 is 38.7 Å². The van der Waals surface area contributed by atoms with Crippen LogP contribution in [-0.4, -0.2) is 121 Å². The number of aliphatic hydroxyl groups excluding tert-OH is 2. The van der Waals surface area contributed by atoms with Crippen LogP contribution in [0.4, 0.5) is 0 Å². The van der Waals surface area contributed by atoms with Crippen LogP contribution < -0.4 is 4.89 Å². The summed E-state index contributed by atoms with van der Waals surface area (Å²) >= 11 is 0. The zero-order valence-corrected chi connectivity index (χ0v) is 40.6. The van der Waals surface area contributed by atoms with Gasteiger partial charge in [0.1, 0.15) is 50.5 Å². The van der Waals surface area contributed by atoms with Crippen molar-refractivity contribution in [2.45, 2.75) is 149 Å². The number of nitrogens with zero attached hydrogens (tertiary/aromatic N) is 1. The summed E-state index contributed by atoms with van der Waals surface area (Å²) < 4.78 is 21.5. The van der Waals surface area contributed by atoms with Crippen LogP contribution in [0.5, 0.6) is 0 Å². The van der Waals surface area contributed by atoms with Crippen molar-refractivity contribution in [1.29, 1.82) is 0 Å². The summed E-state index contributed by atoms with van der Waals surface area (Å²) in [4.78, 5) is 96.6.